The summed E-state index contributed by atoms with van der Waals surface area (Å²) in [6, 6.07) is 18.9. The number of benzene rings is 2. The van der Waals surface area contributed by atoms with E-state index in [2.05, 4.69) is 37.8 Å². The minimum absolute atomic E-state index is 0.00992. The first kappa shape index (κ1) is 20.1. The summed E-state index contributed by atoms with van der Waals surface area (Å²) in [5.74, 6) is 0.120. The van der Waals surface area contributed by atoms with Crippen LogP contribution in [0.1, 0.15) is 32.4 Å². The summed E-state index contributed by atoms with van der Waals surface area (Å²) < 4.78 is 31.7. The zero-order valence-electron chi connectivity index (χ0n) is 16.3. The highest BCUT2D eigenvalue weighted by Gasteiger charge is 2.36. The zero-order valence-corrected chi connectivity index (χ0v) is 17.2. The van der Waals surface area contributed by atoms with Gasteiger partial charge in [-0.3, -0.25) is 4.90 Å². The number of rotatable bonds is 5. The average Bonchev–Trinajstić information content (AvgIpc) is 2.67. The molecule has 0 saturated carbocycles. The summed E-state index contributed by atoms with van der Waals surface area (Å²) in [6.07, 6.45) is 0.0134. The van der Waals surface area contributed by atoms with E-state index < -0.39 is 9.84 Å². The smallest absolute Gasteiger partial charge is 0.179 e. The van der Waals surface area contributed by atoms with Gasteiger partial charge in [-0.25, -0.2) is 8.42 Å². The van der Waals surface area contributed by atoms with Crippen molar-refractivity contribution in [1.29, 1.82) is 0 Å². The van der Waals surface area contributed by atoms with E-state index in [9.17, 15) is 8.42 Å². The van der Waals surface area contributed by atoms with Crippen LogP contribution in [0.2, 0.25) is 0 Å². The van der Waals surface area contributed by atoms with Crippen LogP contribution in [0.15, 0.2) is 65.6 Å². The summed E-state index contributed by atoms with van der Waals surface area (Å²) in [6.45, 7) is 8.48. The molecule has 3 rings (SSSR count). The molecule has 0 spiro atoms. The molecule has 0 aromatic heterocycles. The molecule has 1 heterocycles. The molecule has 1 aliphatic heterocycles. The van der Waals surface area contributed by atoms with Gasteiger partial charge in [-0.1, -0.05) is 69.3 Å². The van der Waals surface area contributed by atoms with Crippen LogP contribution >= 0.6 is 0 Å². The Hall–Kier alpha value is -1.69. The number of hydrogen-bond donors (Lipinski definition) is 0. The van der Waals surface area contributed by atoms with Gasteiger partial charge in [0.05, 0.1) is 22.9 Å². The summed E-state index contributed by atoms with van der Waals surface area (Å²) in [7, 11) is -3.28. The van der Waals surface area contributed by atoms with Crippen molar-refractivity contribution in [1.82, 2.24) is 4.90 Å². The summed E-state index contributed by atoms with van der Waals surface area (Å²) in [4.78, 5) is 2.63. The molecular formula is C22H29NO3S. The highest BCUT2D eigenvalue weighted by atomic mass is 32.2. The Kier molecular flexibility index (Phi) is 6.04. The molecule has 1 aliphatic rings. The van der Waals surface area contributed by atoms with E-state index in [4.69, 9.17) is 4.74 Å². The van der Waals surface area contributed by atoms with E-state index in [1.54, 1.807) is 24.3 Å². The van der Waals surface area contributed by atoms with Crippen molar-refractivity contribution in [2.45, 2.75) is 37.9 Å². The van der Waals surface area contributed by atoms with Crippen molar-refractivity contribution in [2.24, 2.45) is 5.41 Å². The SMILES string of the molecule is CC(C)(C)[C@H]1CN(CCS(=O)(=O)c2ccccc2)C[C@@H](c2ccccc2)O1. The van der Waals surface area contributed by atoms with Crippen molar-refractivity contribution in [3.63, 3.8) is 0 Å². The van der Waals surface area contributed by atoms with E-state index in [0.717, 1.165) is 12.1 Å². The van der Waals surface area contributed by atoms with Gasteiger partial charge in [0.2, 0.25) is 0 Å². The van der Waals surface area contributed by atoms with Crippen LogP contribution in [0.5, 0.6) is 0 Å². The maximum Gasteiger partial charge on any atom is 0.179 e. The lowest BCUT2D eigenvalue weighted by molar-refractivity contribution is -0.127. The molecule has 4 nitrogen and oxygen atoms in total. The Balaban J connectivity index is 1.73. The molecule has 5 heteroatoms. The number of sulfone groups is 1. The number of nitrogens with zero attached hydrogens (tertiary/aromatic N) is 1. The van der Waals surface area contributed by atoms with E-state index in [1.807, 2.05) is 24.3 Å². The first-order chi connectivity index (χ1) is 12.8. The molecule has 0 aliphatic carbocycles. The standard InChI is InChI=1S/C22H29NO3S/c1-22(2,3)21-17-23(16-20(26-21)18-10-6-4-7-11-18)14-15-27(24,25)19-12-8-5-9-13-19/h4-13,20-21H,14-17H2,1-3H3/t20-,21+/m0/s1. The Morgan fingerprint density at radius 3 is 2.15 bits per heavy atom. The maximum atomic E-state index is 12.6. The van der Waals surface area contributed by atoms with E-state index >= 15 is 0 Å². The van der Waals surface area contributed by atoms with Crippen LogP contribution in [0.25, 0.3) is 0 Å². The minimum Gasteiger partial charge on any atom is -0.367 e. The summed E-state index contributed by atoms with van der Waals surface area (Å²) in [5, 5.41) is 0. The van der Waals surface area contributed by atoms with Gasteiger partial charge in [0.15, 0.2) is 9.84 Å². The van der Waals surface area contributed by atoms with Gasteiger partial charge in [0.1, 0.15) is 0 Å². The third-order valence-electron chi connectivity index (χ3n) is 5.09. The van der Waals surface area contributed by atoms with Gasteiger partial charge >= 0.3 is 0 Å². The number of hydrogen-bond acceptors (Lipinski definition) is 4. The maximum absolute atomic E-state index is 12.6. The van der Waals surface area contributed by atoms with Crippen LogP contribution in [0.4, 0.5) is 0 Å². The fourth-order valence-corrected chi connectivity index (χ4v) is 4.64. The van der Waals surface area contributed by atoms with Crippen LogP contribution < -0.4 is 0 Å². The summed E-state index contributed by atoms with van der Waals surface area (Å²) >= 11 is 0. The van der Waals surface area contributed by atoms with Gasteiger partial charge in [-0.15, -0.1) is 0 Å². The predicted octanol–water partition coefficient (Wildman–Crippen LogP) is 3.95. The minimum atomic E-state index is -3.28. The second kappa shape index (κ2) is 8.13. The van der Waals surface area contributed by atoms with Gasteiger partial charge in [-0.05, 0) is 23.1 Å². The molecule has 2 aromatic carbocycles. The monoisotopic (exact) mass is 387 g/mol. The molecule has 0 N–H and O–H groups in total. The zero-order chi connectivity index (χ0) is 19.5. The predicted molar refractivity (Wildman–Crippen MR) is 108 cm³/mol. The molecule has 27 heavy (non-hydrogen) atoms. The van der Waals surface area contributed by atoms with Gasteiger partial charge < -0.3 is 4.74 Å². The number of ether oxygens (including phenoxy) is 1. The molecule has 0 radical (unpaired) electrons. The van der Waals surface area contributed by atoms with Crippen molar-refractivity contribution >= 4 is 9.84 Å². The lowest BCUT2D eigenvalue weighted by Gasteiger charge is -2.43. The Morgan fingerprint density at radius 1 is 0.963 bits per heavy atom. The van der Waals surface area contributed by atoms with Crippen molar-refractivity contribution in [3.05, 3.63) is 66.2 Å². The fraction of sp³-hybridized carbons (Fsp3) is 0.455. The average molecular weight is 388 g/mol. The van der Waals surface area contributed by atoms with Crippen LogP contribution in [-0.2, 0) is 14.6 Å². The van der Waals surface area contributed by atoms with Crippen LogP contribution in [0, 0.1) is 5.41 Å². The summed E-state index contributed by atoms with van der Waals surface area (Å²) in [5.41, 5.74) is 1.13. The molecule has 0 bridgehead atoms. The first-order valence-corrected chi connectivity index (χ1v) is 11.1. The topological polar surface area (TPSA) is 46.6 Å². The Bertz CT molecular complexity index is 829. The largest absolute Gasteiger partial charge is 0.367 e. The molecule has 146 valence electrons. The quantitative estimate of drug-likeness (QED) is 0.779. The molecule has 1 saturated heterocycles. The van der Waals surface area contributed by atoms with Crippen molar-refractivity contribution in [2.75, 3.05) is 25.4 Å². The third-order valence-corrected chi connectivity index (χ3v) is 6.80. The van der Waals surface area contributed by atoms with Crippen LogP contribution in [-0.4, -0.2) is 44.8 Å². The van der Waals surface area contributed by atoms with E-state index in [0.29, 0.717) is 18.0 Å². The van der Waals surface area contributed by atoms with Gasteiger partial charge in [0.25, 0.3) is 0 Å². The van der Waals surface area contributed by atoms with Crippen LogP contribution in [0.3, 0.4) is 0 Å². The second-order valence-electron chi connectivity index (χ2n) is 8.28. The lowest BCUT2D eigenvalue weighted by Crippen LogP contribution is -2.50. The Labute approximate surface area is 163 Å². The van der Waals surface area contributed by atoms with Crippen molar-refractivity contribution < 1.29 is 13.2 Å². The fourth-order valence-electron chi connectivity index (χ4n) is 3.34. The van der Waals surface area contributed by atoms with Crippen molar-refractivity contribution in [3.8, 4) is 0 Å². The van der Waals surface area contributed by atoms with E-state index in [1.165, 1.54) is 0 Å². The molecule has 2 aromatic rings. The third kappa shape index (κ3) is 5.18. The first-order valence-electron chi connectivity index (χ1n) is 9.46. The Morgan fingerprint density at radius 2 is 1.56 bits per heavy atom. The second-order valence-corrected chi connectivity index (χ2v) is 10.4. The molecule has 2 atom stereocenters. The molecule has 0 amide bonds. The lowest BCUT2D eigenvalue weighted by atomic mass is 9.87. The highest BCUT2D eigenvalue weighted by molar-refractivity contribution is 7.91. The highest BCUT2D eigenvalue weighted by Crippen LogP contribution is 2.33. The molecule has 0 unspecified atom stereocenters. The van der Waals surface area contributed by atoms with E-state index in [-0.39, 0.29) is 23.4 Å². The van der Waals surface area contributed by atoms with Gasteiger partial charge in [0, 0.05) is 19.6 Å². The normalized spacial score (nSPS) is 21.9. The number of morpholine rings is 1. The van der Waals surface area contributed by atoms with Gasteiger partial charge in [-0.2, -0.15) is 0 Å². The molecule has 1 fully saturated rings. The molecular weight excluding hydrogens is 358 g/mol.